The average Bonchev–Trinajstić information content (AvgIpc) is 3.03. The van der Waals surface area contributed by atoms with Gasteiger partial charge >= 0.3 is 6.18 Å². The molecule has 2 aliphatic rings. The molecule has 1 atom stereocenters. The number of likely N-dealkylation sites (tertiary alicyclic amines) is 1. The number of hydrogen-bond acceptors (Lipinski definition) is 5. The first-order valence-electron chi connectivity index (χ1n) is 15.3. The summed E-state index contributed by atoms with van der Waals surface area (Å²) in [5, 5.41) is 0.739. The van der Waals surface area contributed by atoms with Crippen LogP contribution in [-0.2, 0) is 17.8 Å². The summed E-state index contributed by atoms with van der Waals surface area (Å²) < 4.78 is 43.0. The lowest BCUT2D eigenvalue weighted by Crippen LogP contribution is -2.55. The molecule has 0 bridgehead atoms. The minimum absolute atomic E-state index is 0.0107. The van der Waals surface area contributed by atoms with Gasteiger partial charge in [0, 0.05) is 49.9 Å². The Kier molecular flexibility index (Phi) is 10.8. The molecule has 0 unspecified atom stereocenters. The van der Waals surface area contributed by atoms with E-state index in [-0.39, 0.29) is 17.6 Å². The number of nitrogens with two attached hydrogens (primary N) is 1. The minimum Gasteiger partial charge on any atom is -0.484 e. The van der Waals surface area contributed by atoms with Gasteiger partial charge in [0.2, 0.25) is 5.91 Å². The van der Waals surface area contributed by atoms with E-state index >= 15 is 0 Å². The van der Waals surface area contributed by atoms with Crippen LogP contribution in [0.4, 0.5) is 13.2 Å². The van der Waals surface area contributed by atoms with Crippen LogP contribution in [0.2, 0.25) is 5.02 Å². The molecule has 0 saturated carbocycles. The zero-order valence-electron chi connectivity index (χ0n) is 24.8. The van der Waals surface area contributed by atoms with E-state index < -0.39 is 18.8 Å². The second-order valence-electron chi connectivity index (χ2n) is 11.7. The van der Waals surface area contributed by atoms with E-state index in [1.807, 2.05) is 29.2 Å². The molecule has 0 aromatic heterocycles. The molecular weight excluding hydrogens is 589 g/mol. The van der Waals surface area contributed by atoms with Gasteiger partial charge in [0.05, 0.1) is 6.04 Å². The van der Waals surface area contributed by atoms with Crippen LogP contribution in [0.5, 0.6) is 5.75 Å². The van der Waals surface area contributed by atoms with Gasteiger partial charge < -0.3 is 20.3 Å². The number of piperazine rings is 1. The van der Waals surface area contributed by atoms with Crippen LogP contribution in [0.25, 0.3) is 11.1 Å². The van der Waals surface area contributed by atoms with Crippen molar-refractivity contribution in [1.82, 2.24) is 14.7 Å². The number of nitrogens with zero attached hydrogens (tertiary/aromatic N) is 3. The number of alkyl halides is 3. The molecule has 0 radical (unpaired) electrons. The summed E-state index contributed by atoms with van der Waals surface area (Å²) >= 11 is 6.34. The van der Waals surface area contributed by atoms with Crippen molar-refractivity contribution in [2.75, 3.05) is 52.4 Å². The molecule has 2 aliphatic heterocycles. The quantitative estimate of drug-likeness (QED) is 0.304. The highest BCUT2D eigenvalue weighted by molar-refractivity contribution is 6.30. The summed E-state index contributed by atoms with van der Waals surface area (Å²) in [6, 6.07) is 22.7. The van der Waals surface area contributed by atoms with Gasteiger partial charge in [0.25, 0.3) is 0 Å². The average molecular weight is 629 g/mol. The van der Waals surface area contributed by atoms with Crippen molar-refractivity contribution in [3.63, 3.8) is 0 Å². The predicted octanol–water partition coefficient (Wildman–Crippen LogP) is 5.87. The zero-order valence-corrected chi connectivity index (χ0v) is 25.6. The number of ether oxygens (including phenoxy) is 1. The van der Waals surface area contributed by atoms with Gasteiger partial charge in [-0.05, 0) is 73.2 Å². The molecule has 236 valence electrons. The van der Waals surface area contributed by atoms with Gasteiger partial charge in [-0.15, -0.1) is 0 Å². The Bertz CT molecular complexity index is 1370. The van der Waals surface area contributed by atoms with E-state index in [1.54, 1.807) is 24.3 Å². The Morgan fingerprint density at radius 3 is 2.27 bits per heavy atom. The van der Waals surface area contributed by atoms with Gasteiger partial charge in [0.15, 0.2) is 6.61 Å². The van der Waals surface area contributed by atoms with E-state index in [0.717, 1.165) is 43.9 Å². The molecule has 2 fully saturated rings. The lowest BCUT2D eigenvalue weighted by Gasteiger charge is -2.39. The third-order valence-corrected chi connectivity index (χ3v) is 8.95. The topological polar surface area (TPSA) is 62.0 Å². The van der Waals surface area contributed by atoms with Gasteiger partial charge in [-0.2, -0.15) is 13.2 Å². The molecule has 10 heteroatoms. The number of rotatable bonds is 10. The number of carbonyl (C=O) groups excluding carboxylic acids is 1. The molecule has 2 N–H and O–H groups in total. The zero-order chi connectivity index (χ0) is 31.1. The standard InChI is InChI=1S/C34H40ClF3N4O2/c35-29-10-11-30(25-6-2-1-3-7-25)27(22-29)14-17-40-15-12-26(13-16-40)32(39)33(43)42-20-18-41(19-21-42)23-28-8-4-5-9-31(28)44-24-34(36,37)38/h1-11,22,26,32H,12-21,23-24,39H2/t32-/m1/s1. The van der Waals surface area contributed by atoms with Crippen LogP contribution >= 0.6 is 11.6 Å². The van der Waals surface area contributed by atoms with Gasteiger partial charge in [0.1, 0.15) is 5.75 Å². The molecular formula is C34H40ClF3N4O2. The highest BCUT2D eigenvalue weighted by Gasteiger charge is 2.33. The van der Waals surface area contributed by atoms with Crippen molar-refractivity contribution in [2.24, 2.45) is 11.7 Å². The number of halogens is 4. The molecule has 2 saturated heterocycles. The van der Waals surface area contributed by atoms with E-state index in [9.17, 15) is 18.0 Å². The third-order valence-electron chi connectivity index (χ3n) is 8.72. The number of benzene rings is 3. The fraction of sp³-hybridized carbons (Fsp3) is 0.441. The van der Waals surface area contributed by atoms with E-state index in [1.165, 1.54) is 16.7 Å². The van der Waals surface area contributed by atoms with Crippen LogP contribution in [-0.4, -0.2) is 85.2 Å². The smallest absolute Gasteiger partial charge is 0.422 e. The van der Waals surface area contributed by atoms with Gasteiger partial charge in [-0.3, -0.25) is 9.69 Å². The van der Waals surface area contributed by atoms with Crippen LogP contribution in [0.3, 0.4) is 0 Å². The largest absolute Gasteiger partial charge is 0.484 e. The molecule has 6 nitrogen and oxygen atoms in total. The maximum absolute atomic E-state index is 13.3. The summed E-state index contributed by atoms with van der Waals surface area (Å²) in [6.45, 7) is 4.19. The normalized spacial score (nSPS) is 17.9. The Balaban J connectivity index is 1.07. The Labute approximate surface area is 262 Å². The summed E-state index contributed by atoms with van der Waals surface area (Å²) in [7, 11) is 0. The second-order valence-corrected chi connectivity index (χ2v) is 12.2. The molecule has 5 rings (SSSR count). The van der Waals surface area contributed by atoms with Crippen LogP contribution in [0.15, 0.2) is 72.8 Å². The van der Waals surface area contributed by atoms with Gasteiger partial charge in [-0.25, -0.2) is 0 Å². The lowest BCUT2D eigenvalue weighted by atomic mass is 9.88. The SMILES string of the molecule is N[C@@H](C(=O)N1CCN(Cc2ccccc2OCC(F)(F)F)CC1)C1CCN(CCc2cc(Cl)ccc2-c2ccccc2)CC1. The first-order chi connectivity index (χ1) is 21.2. The molecule has 3 aromatic rings. The predicted molar refractivity (Wildman–Crippen MR) is 168 cm³/mol. The fourth-order valence-corrected chi connectivity index (χ4v) is 6.39. The fourth-order valence-electron chi connectivity index (χ4n) is 6.20. The summed E-state index contributed by atoms with van der Waals surface area (Å²) in [4.78, 5) is 19.7. The summed E-state index contributed by atoms with van der Waals surface area (Å²) in [5.41, 5.74) is 10.9. The number of para-hydroxylation sites is 1. The first-order valence-corrected chi connectivity index (χ1v) is 15.6. The van der Waals surface area contributed by atoms with Crippen LogP contribution < -0.4 is 10.5 Å². The van der Waals surface area contributed by atoms with E-state index in [2.05, 4.69) is 34.1 Å². The highest BCUT2D eigenvalue weighted by Crippen LogP contribution is 2.29. The van der Waals surface area contributed by atoms with Crippen molar-refractivity contribution < 1.29 is 22.7 Å². The van der Waals surface area contributed by atoms with E-state index in [4.69, 9.17) is 22.1 Å². The Morgan fingerprint density at radius 2 is 1.57 bits per heavy atom. The Hall–Kier alpha value is -3.11. The minimum atomic E-state index is -4.39. The molecule has 0 spiro atoms. The van der Waals surface area contributed by atoms with Crippen LogP contribution in [0, 0.1) is 5.92 Å². The third kappa shape index (κ3) is 8.75. The maximum Gasteiger partial charge on any atom is 0.422 e. The lowest BCUT2D eigenvalue weighted by molar-refractivity contribution is -0.153. The van der Waals surface area contributed by atoms with E-state index in [0.29, 0.717) is 38.3 Å². The van der Waals surface area contributed by atoms with Crippen molar-refractivity contribution in [3.05, 3.63) is 88.9 Å². The molecule has 0 aliphatic carbocycles. The highest BCUT2D eigenvalue weighted by atomic mass is 35.5. The van der Waals surface area contributed by atoms with Crippen molar-refractivity contribution >= 4 is 17.5 Å². The van der Waals surface area contributed by atoms with Crippen molar-refractivity contribution in [2.45, 2.75) is 38.0 Å². The molecule has 3 aromatic carbocycles. The van der Waals surface area contributed by atoms with Gasteiger partial charge in [-0.1, -0.05) is 66.2 Å². The molecule has 1 amide bonds. The number of piperidine rings is 1. The Morgan fingerprint density at radius 1 is 0.886 bits per heavy atom. The van der Waals surface area contributed by atoms with Crippen molar-refractivity contribution in [1.29, 1.82) is 0 Å². The number of amides is 1. The summed E-state index contributed by atoms with van der Waals surface area (Å²) in [6.07, 6.45) is -1.74. The van der Waals surface area contributed by atoms with Crippen LogP contribution in [0.1, 0.15) is 24.0 Å². The maximum atomic E-state index is 13.3. The summed E-state index contributed by atoms with van der Waals surface area (Å²) in [5.74, 6) is 0.366. The second kappa shape index (κ2) is 14.8. The first kappa shape index (κ1) is 32.3. The number of carbonyl (C=O) groups is 1. The molecule has 44 heavy (non-hydrogen) atoms. The van der Waals surface area contributed by atoms with Crippen molar-refractivity contribution in [3.8, 4) is 16.9 Å². The monoisotopic (exact) mass is 628 g/mol. The number of hydrogen-bond donors (Lipinski definition) is 1. The molecule has 2 heterocycles.